The first-order valence-corrected chi connectivity index (χ1v) is 8.80. The SMILES string of the molecule is O=C(ON1C(=O)c2ccccc2C1=O)C1CS(=O)(=O)CC1C(F)(F)F. The molecule has 2 aliphatic rings. The van der Waals surface area contributed by atoms with Crippen molar-refractivity contribution in [1.82, 2.24) is 5.06 Å². The number of rotatable bonds is 2. The number of amides is 2. The first kappa shape index (κ1) is 17.4. The number of hydroxylamine groups is 2. The molecule has 0 bridgehead atoms. The van der Waals surface area contributed by atoms with Gasteiger partial charge in [-0.2, -0.15) is 13.2 Å². The molecule has 3 rings (SSSR count). The van der Waals surface area contributed by atoms with Crippen molar-refractivity contribution in [3.63, 3.8) is 0 Å². The summed E-state index contributed by atoms with van der Waals surface area (Å²) in [6, 6.07) is 5.50. The molecule has 0 saturated carbocycles. The fraction of sp³-hybridized carbons (Fsp3) is 0.357. The van der Waals surface area contributed by atoms with Gasteiger partial charge in [0, 0.05) is 0 Å². The predicted octanol–water partition coefficient (Wildman–Crippen LogP) is 0.964. The highest BCUT2D eigenvalue weighted by atomic mass is 32.2. The van der Waals surface area contributed by atoms with Crippen molar-refractivity contribution in [2.45, 2.75) is 6.18 Å². The zero-order valence-electron chi connectivity index (χ0n) is 12.3. The fourth-order valence-electron chi connectivity index (χ4n) is 2.81. The molecule has 2 heterocycles. The van der Waals surface area contributed by atoms with Crippen LogP contribution in [0, 0.1) is 11.8 Å². The second-order valence-electron chi connectivity index (χ2n) is 5.69. The number of alkyl halides is 3. The van der Waals surface area contributed by atoms with Gasteiger partial charge in [-0.3, -0.25) is 9.59 Å². The molecule has 2 atom stereocenters. The predicted molar refractivity (Wildman–Crippen MR) is 74.7 cm³/mol. The zero-order chi connectivity index (χ0) is 18.6. The Morgan fingerprint density at radius 2 is 1.60 bits per heavy atom. The van der Waals surface area contributed by atoms with E-state index in [2.05, 4.69) is 4.84 Å². The van der Waals surface area contributed by atoms with E-state index in [0.29, 0.717) is 0 Å². The molecule has 1 saturated heterocycles. The molecule has 0 radical (unpaired) electrons. The molecule has 25 heavy (non-hydrogen) atoms. The summed E-state index contributed by atoms with van der Waals surface area (Å²) in [6.45, 7) is 0. The molecule has 2 aliphatic heterocycles. The van der Waals surface area contributed by atoms with Crippen molar-refractivity contribution in [2.24, 2.45) is 11.8 Å². The van der Waals surface area contributed by atoms with E-state index in [1.54, 1.807) is 0 Å². The third-order valence-electron chi connectivity index (χ3n) is 4.01. The Labute approximate surface area is 139 Å². The molecule has 0 aliphatic carbocycles. The molecule has 134 valence electrons. The second-order valence-corrected chi connectivity index (χ2v) is 7.85. The van der Waals surface area contributed by atoms with Crippen LogP contribution >= 0.6 is 0 Å². The van der Waals surface area contributed by atoms with Crippen molar-refractivity contribution in [3.05, 3.63) is 35.4 Å². The highest BCUT2D eigenvalue weighted by Gasteiger charge is 2.56. The summed E-state index contributed by atoms with van der Waals surface area (Å²) in [5, 5.41) is 0.0609. The quantitative estimate of drug-likeness (QED) is 0.713. The number of halogens is 3. The molecular formula is C14H10F3NO6S. The first-order valence-electron chi connectivity index (χ1n) is 6.98. The molecule has 11 heteroatoms. The largest absolute Gasteiger partial charge is 0.393 e. The van der Waals surface area contributed by atoms with Crippen molar-refractivity contribution < 1.29 is 40.8 Å². The van der Waals surface area contributed by atoms with Gasteiger partial charge in [-0.25, -0.2) is 13.2 Å². The number of carbonyl (C=O) groups is 3. The summed E-state index contributed by atoms with van der Waals surface area (Å²) >= 11 is 0. The van der Waals surface area contributed by atoms with Crippen LogP contribution in [0.1, 0.15) is 20.7 Å². The van der Waals surface area contributed by atoms with E-state index in [0.717, 1.165) is 0 Å². The van der Waals surface area contributed by atoms with Gasteiger partial charge in [0.2, 0.25) is 0 Å². The maximum atomic E-state index is 13.0. The summed E-state index contributed by atoms with van der Waals surface area (Å²) in [5.41, 5.74) is -0.126. The standard InChI is InChI=1S/C14H10F3NO6S/c15-14(16,17)10-6-25(22,23)5-9(10)13(21)24-18-11(19)7-3-1-2-4-8(7)12(18)20/h1-4,9-10H,5-6H2. The van der Waals surface area contributed by atoms with Gasteiger partial charge in [-0.15, -0.1) is 0 Å². The van der Waals surface area contributed by atoms with Crippen LogP contribution in [0.5, 0.6) is 0 Å². The topological polar surface area (TPSA) is 97.8 Å². The molecule has 0 spiro atoms. The fourth-order valence-corrected chi connectivity index (χ4v) is 4.83. The van der Waals surface area contributed by atoms with Gasteiger partial charge in [0.1, 0.15) is 0 Å². The van der Waals surface area contributed by atoms with Gasteiger partial charge in [0.25, 0.3) is 11.8 Å². The van der Waals surface area contributed by atoms with Gasteiger partial charge in [0.05, 0.1) is 34.5 Å². The van der Waals surface area contributed by atoms with E-state index < -0.39 is 57.1 Å². The summed E-state index contributed by atoms with van der Waals surface area (Å²) in [5.74, 6) is -10.4. The minimum Gasteiger partial charge on any atom is -0.329 e. The van der Waals surface area contributed by atoms with Crippen LogP contribution in [-0.2, 0) is 19.5 Å². The normalized spacial score (nSPS) is 25.2. The van der Waals surface area contributed by atoms with Crippen LogP contribution in [0.15, 0.2) is 24.3 Å². The zero-order valence-corrected chi connectivity index (χ0v) is 13.1. The van der Waals surface area contributed by atoms with Crippen molar-refractivity contribution in [1.29, 1.82) is 0 Å². The molecular weight excluding hydrogens is 367 g/mol. The lowest BCUT2D eigenvalue weighted by atomic mass is 9.96. The lowest BCUT2D eigenvalue weighted by molar-refractivity contribution is -0.199. The maximum absolute atomic E-state index is 13.0. The summed E-state index contributed by atoms with van der Waals surface area (Å²) < 4.78 is 61.9. The van der Waals surface area contributed by atoms with E-state index >= 15 is 0 Å². The van der Waals surface area contributed by atoms with Crippen LogP contribution < -0.4 is 0 Å². The lowest BCUT2D eigenvalue weighted by Gasteiger charge is -2.21. The number of fused-ring (bicyclic) bond motifs is 1. The monoisotopic (exact) mass is 377 g/mol. The lowest BCUT2D eigenvalue weighted by Crippen LogP contribution is -2.40. The van der Waals surface area contributed by atoms with Gasteiger partial charge in [0.15, 0.2) is 9.84 Å². The molecule has 0 N–H and O–H groups in total. The minimum atomic E-state index is -4.94. The number of hydrogen-bond acceptors (Lipinski definition) is 6. The van der Waals surface area contributed by atoms with Crippen LogP contribution in [0.2, 0.25) is 0 Å². The molecule has 2 unspecified atom stereocenters. The Kier molecular flexibility index (Phi) is 3.86. The molecule has 2 amide bonds. The number of nitrogens with zero attached hydrogens (tertiary/aromatic N) is 1. The van der Waals surface area contributed by atoms with E-state index in [9.17, 15) is 36.0 Å². The maximum Gasteiger partial charge on any atom is 0.393 e. The van der Waals surface area contributed by atoms with Crippen LogP contribution in [-0.4, -0.2) is 48.9 Å². The van der Waals surface area contributed by atoms with Crippen LogP contribution in [0.4, 0.5) is 13.2 Å². The smallest absolute Gasteiger partial charge is 0.329 e. The van der Waals surface area contributed by atoms with Gasteiger partial charge in [-0.1, -0.05) is 17.2 Å². The molecule has 1 fully saturated rings. The van der Waals surface area contributed by atoms with Crippen LogP contribution in [0.25, 0.3) is 0 Å². The Bertz CT molecular complexity index is 844. The first-order chi connectivity index (χ1) is 11.5. The highest BCUT2D eigenvalue weighted by molar-refractivity contribution is 7.91. The Morgan fingerprint density at radius 3 is 2.08 bits per heavy atom. The molecule has 0 aromatic heterocycles. The molecule has 1 aromatic rings. The van der Waals surface area contributed by atoms with E-state index in [1.165, 1.54) is 24.3 Å². The Balaban J connectivity index is 1.83. The van der Waals surface area contributed by atoms with Crippen molar-refractivity contribution >= 4 is 27.6 Å². The molecule has 7 nitrogen and oxygen atoms in total. The van der Waals surface area contributed by atoms with Gasteiger partial charge < -0.3 is 4.84 Å². The Hall–Kier alpha value is -2.43. The highest BCUT2D eigenvalue weighted by Crippen LogP contribution is 2.39. The number of hydrogen-bond donors (Lipinski definition) is 0. The van der Waals surface area contributed by atoms with Crippen molar-refractivity contribution in [3.8, 4) is 0 Å². The number of sulfone groups is 1. The second kappa shape index (κ2) is 5.55. The Morgan fingerprint density at radius 1 is 1.08 bits per heavy atom. The van der Waals surface area contributed by atoms with Gasteiger partial charge >= 0.3 is 12.1 Å². The number of carbonyl (C=O) groups excluding carboxylic acids is 3. The summed E-state index contributed by atoms with van der Waals surface area (Å²) in [7, 11) is -4.10. The van der Waals surface area contributed by atoms with E-state index in [-0.39, 0.29) is 16.2 Å². The summed E-state index contributed by atoms with van der Waals surface area (Å²) in [6.07, 6.45) is -4.94. The average Bonchev–Trinajstić information content (AvgIpc) is 2.97. The summed E-state index contributed by atoms with van der Waals surface area (Å²) in [4.78, 5) is 40.7. The minimum absolute atomic E-state index is 0.0609. The van der Waals surface area contributed by atoms with E-state index in [1.807, 2.05) is 0 Å². The van der Waals surface area contributed by atoms with Crippen LogP contribution in [0.3, 0.4) is 0 Å². The third-order valence-corrected chi connectivity index (χ3v) is 5.75. The number of benzene rings is 1. The van der Waals surface area contributed by atoms with Gasteiger partial charge in [-0.05, 0) is 12.1 Å². The number of imide groups is 1. The third kappa shape index (κ3) is 2.99. The average molecular weight is 377 g/mol. The van der Waals surface area contributed by atoms with Crippen molar-refractivity contribution in [2.75, 3.05) is 11.5 Å². The van der Waals surface area contributed by atoms with E-state index in [4.69, 9.17) is 0 Å². The molecule has 1 aromatic carbocycles.